The summed E-state index contributed by atoms with van der Waals surface area (Å²) in [6.07, 6.45) is 0. The fourth-order valence-corrected chi connectivity index (χ4v) is 3.17. The van der Waals surface area contributed by atoms with E-state index in [0.717, 1.165) is 32.7 Å². The summed E-state index contributed by atoms with van der Waals surface area (Å²) in [7, 11) is 0. The maximum atomic E-state index is 12.1. The molecule has 0 saturated carbocycles. The van der Waals surface area contributed by atoms with E-state index >= 15 is 0 Å². The standard InChI is InChI=1S/C16H18BrN3OS/c1-9-5-6-14(13(17)7-9)20-15(21)8-22-16-18-11(3)10(2)12(4)19-16/h5-7H,8H2,1-4H3,(H,20,21). The maximum absolute atomic E-state index is 12.1. The van der Waals surface area contributed by atoms with Crippen LogP contribution in [-0.4, -0.2) is 21.6 Å². The first-order chi connectivity index (χ1) is 10.4. The molecule has 4 nitrogen and oxygen atoms in total. The van der Waals surface area contributed by atoms with Crippen LogP contribution in [0.4, 0.5) is 5.69 Å². The zero-order valence-corrected chi connectivity index (χ0v) is 15.4. The van der Waals surface area contributed by atoms with Gasteiger partial charge in [0.25, 0.3) is 0 Å². The zero-order valence-electron chi connectivity index (χ0n) is 13.0. The second-order valence-corrected chi connectivity index (χ2v) is 6.92. The van der Waals surface area contributed by atoms with Crippen LogP contribution in [-0.2, 0) is 4.79 Å². The van der Waals surface area contributed by atoms with Crippen LogP contribution in [0.15, 0.2) is 27.8 Å². The number of rotatable bonds is 4. The van der Waals surface area contributed by atoms with E-state index < -0.39 is 0 Å². The lowest BCUT2D eigenvalue weighted by atomic mass is 10.2. The van der Waals surface area contributed by atoms with E-state index in [0.29, 0.717) is 5.16 Å². The lowest BCUT2D eigenvalue weighted by Crippen LogP contribution is -2.15. The van der Waals surface area contributed by atoms with Gasteiger partial charge in [0.15, 0.2) is 5.16 Å². The van der Waals surface area contributed by atoms with E-state index in [1.807, 2.05) is 45.9 Å². The number of carbonyl (C=O) groups excluding carboxylic acids is 1. The first-order valence-corrected chi connectivity index (χ1v) is 8.65. The summed E-state index contributed by atoms with van der Waals surface area (Å²) in [5.74, 6) is 0.205. The van der Waals surface area contributed by atoms with Crippen LogP contribution in [0.3, 0.4) is 0 Å². The number of thioether (sulfide) groups is 1. The molecule has 1 heterocycles. The van der Waals surface area contributed by atoms with Crippen LogP contribution < -0.4 is 5.32 Å². The van der Waals surface area contributed by atoms with Crippen LogP contribution in [0.25, 0.3) is 0 Å². The third kappa shape index (κ3) is 4.30. The summed E-state index contributed by atoms with van der Waals surface area (Å²) in [6, 6.07) is 5.82. The highest BCUT2D eigenvalue weighted by atomic mass is 79.9. The molecule has 0 saturated heterocycles. The van der Waals surface area contributed by atoms with Crippen molar-refractivity contribution in [2.24, 2.45) is 0 Å². The van der Waals surface area contributed by atoms with E-state index in [9.17, 15) is 4.79 Å². The summed E-state index contributed by atoms with van der Waals surface area (Å²) >= 11 is 4.80. The summed E-state index contributed by atoms with van der Waals surface area (Å²) < 4.78 is 0.879. The van der Waals surface area contributed by atoms with Gasteiger partial charge in [-0.15, -0.1) is 0 Å². The number of hydrogen-bond donors (Lipinski definition) is 1. The number of halogens is 1. The number of nitrogens with zero attached hydrogens (tertiary/aromatic N) is 2. The van der Waals surface area contributed by atoms with Crippen LogP contribution in [0, 0.1) is 27.7 Å². The minimum absolute atomic E-state index is 0.0750. The molecule has 0 aliphatic rings. The molecular formula is C16H18BrN3OS. The van der Waals surface area contributed by atoms with Crippen molar-refractivity contribution in [1.82, 2.24) is 9.97 Å². The number of benzene rings is 1. The van der Waals surface area contributed by atoms with E-state index in [1.54, 1.807) is 0 Å². The van der Waals surface area contributed by atoms with Gasteiger partial charge in [0.1, 0.15) is 0 Å². The lowest BCUT2D eigenvalue weighted by molar-refractivity contribution is -0.113. The Labute approximate surface area is 143 Å². The molecule has 1 amide bonds. The van der Waals surface area contributed by atoms with Gasteiger partial charge in [-0.2, -0.15) is 0 Å². The van der Waals surface area contributed by atoms with Crippen LogP contribution in [0.5, 0.6) is 0 Å². The first-order valence-electron chi connectivity index (χ1n) is 6.87. The van der Waals surface area contributed by atoms with Gasteiger partial charge in [-0.1, -0.05) is 17.8 Å². The summed E-state index contributed by atoms with van der Waals surface area (Å²) in [4.78, 5) is 20.9. The molecule has 1 aromatic heterocycles. The molecule has 2 rings (SSSR count). The van der Waals surface area contributed by atoms with Crippen molar-refractivity contribution in [1.29, 1.82) is 0 Å². The van der Waals surface area contributed by atoms with Gasteiger partial charge in [0.2, 0.25) is 5.91 Å². The van der Waals surface area contributed by atoms with Crippen LogP contribution in [0.1, 0.15) is 22.5 Å². The van der Waals surface area contributed by atoms with Crippen molar-refractivity contribution in [2.75, 3.05) is 11.1 Å². The average Bonchev–Trinajstić information content (AvgIpc) is 2.45. The van der Waals surface area contributed by atoms with Gasteiger partial charge in [0, 0.05) is 15.9 Å². The Morgan fingerprint density at radius 3 is 2.41 bits per heavy atom. The monoisotopic (exact) mass is 379 g/mol. The number of aromatic nitrogens is 2. The Morgan fingerprint density at radius 1 is 1.18 bits per heavy atom. The number of hydrogen-bond acceptors (Lipinski definition) is 4. The minimum Gasteiger partial charge on any atom is -0.324 e. The lowest BCUT2D eigenvalue weighted by Gasteiger charge is -2.09. The average molecular weight is 380 g/mol. The smallest absolute Gasteiger partial charge is 0.234 e. The largest absolute Gasteiger partial charge is 0.324 e. The Hall–Kier alpha value is -1.40. The van der Waals surface area contributed by atoms with E-state index in [-0.39, 0.29) is 11.7 Å². The Kier molecular flexibility index (Phi) is 5.58. The molecule has 22 heavy (non-hydrogen) atoms. The molecular weight excluding hydrogens is 362 g/mol. The maximum Gasteiger partial charge on any atom is 0.234 e. The van der Waals surface area contributed by atoms with Gasteiger partial charge >= 0.3 is 0 Å². The van der Waals surface area contributed by atoms with Gasteiger partial charge in [-0.3, -0.25) is 4.79 Å². The van der Waals surface area contributed by atoms with Crippen molar-refractivity contribution in [3.63, 3.8) is 0 Å². The normalized spacial score (nSPS) is 10.6. The first kappa shape index (κ1) is 17.0. The second-order valence-electron chi connectivity index (χ2n) is 5.12. The Bertz CT molecular complexity index is 696. The SMILES string of the molecule is Cc1ccc(NC(=O)CSc2nc(C)c(C)c(C)n2)c(Br)c1. The van der Waals surface area contributed by atoms with Gasteiger partial charge in [-0.25, -0.2) is 9.97 Å². The predicted molar refractivity (Wildman–Crippen MR) is 94.5 cm³/mol. The highest BCUT2D eigenvalue weighted by molar-refractivity contribution is 9.10. The summed E-state index contributed by atoms with van der Waals surface area (Å²) in [6.45, 7) is 7.92. The molecule has 2 aromatic rings. The number of nitrogens with one attached hydrogen (secondary N) is 1. The molecule has 0 radical (unpaired) electrons. The molecule has 0 atom stereocenters. The number of carbonyl (C=O) groups is 1. The van der Waals surface area contributed by atoms with Gasteiger partial charge in [0.05, 0.1) is 11.4 Å². The fourth-order valence-electron chi connectivity index (χ4n) is 1.84. The predicted octanol–water partition coefficient (Wildman–Crippen LogP) is 4.20. The van der Waals surface area contributed by atoms with Gasteiger partial charge < -0.3 is 5.32 Å². The summed E-state index contributed by atoms with van der Waals surface area (Å²) in [5.41, 5.74) is 4.91. The zero-order chi connectivity index (χ0) is 16.3. The molecule has 0 unspecified atom stereocenters. The highest BCUT2D eigenvalue weighted by Crippen LogP contribution is 2.24. The molecule has 0 aliphatic carbocycles. The molecule has 116 valence electrons. The van der Waals surface area contributed by atoms with Crippen molar-refractivity contribution >= 4 is 39.3 Å². The van der Waals surface area contributed by atoms with Gasteiger partial charge in [-0.05, 0) is 66.9 Å². The highest BCUT2D eigenvalue weighted by Gasteiger charge is 2.10. The minimum atomic E-state index is -0.0750. The van der Waals surface area contributed by atoms with Crippen molar-refractivity contribution in [2.45, 2.75) is 32.9 Å². The van der Waals surface area contributed by atoms with Crippen molar-refractivity contribution in [3.05, 3.63) is 45.2 Å². The van der Waals surface area contributed by atoms with Crippen molar-refractivity contribution < 1.29 is 4.79 Å². The summed E-state index contributed by atoms with van der Waals surface area (Å²) in [5, 5.41) is 3.52. The molecule has 1 N–H and O–H groups in total. The molecule has 6 heteroatoms. The molecule has 0 spiro atoms. The Balaban J connectivity index is 1.98. The van der Waals surface area contributed by atoms with Crippen LogP contribution >= 0.6 is 27.7 Å². The number of aryl methyl sites for hydroxylation is 3. The van der Waals surface area contributed by atoms with Crippen LogP contribution in [0.2, 0.25) is 0 Å². The number of anilines is 1. The topological polar surface area (TPSA) is 54.9 Å². The quantitative estimate of drug-likeness (QED) is 0.638. The molecule has 0 bridgehead atoms. The Morgan fingerprint density at radius 2 is 1.82 bits per heavy atom. The molecule has 0 fully saturated rings. The third-order valence-corrected chi connectivity index (χ3v) is 4.85. The molecule has 0 aliphatic heterocycles. The second kappa shape index (κ2) is 7.24. The number of amides is 1. The van der Waals surface area contributed by atoms with Crippen molar-refractivity contribution in [3.8, 4) is 0 Å². The van der Waals surface area contributed by atoms with E-state index in [2.05, 4.69) is 31.2 Å². The van der Waals surface area contributed by atoms with E-state index in [4.69, 9.17) is 0 Å². The third-order valence-electron chi connectivity index (χ3n) is 3.34. The molecule has 1 aromatic carbocycles. The fraction of sp³-hybridized carbons (Fsp3) is 0.312. The van der Waals surface area contributed by atoms with E-state index in [1.165, 1.54) is 11.8 Å².